The van der Waals surface area contributed by atoms with Crippen LogP contribution in [0.2, 0.25) is 0 Å². The molecule has 3 rings (SSSR count). The molecule has 0 N–H and O–H groups in total. The van der Waals surface area contributed by atoms with E-state index in [0.717, 1.165) is 49.1 Å². The molecule has 1 aliphatic carbocycles. The van der Waals surface area contributed by atoms with Gasteiger partial charge in [-0.2, -0.15) is 0 Å². The number of hydrogen-bond acceptors (Lipinski definition) is 5. The second-order valence-electron chi connectivity index (χ2n) is 6.19. The van der Waals surface area contributed by atoms with Crippen LogP contribution in [0.4, 0.5) is 0 Å². The third-order valence-corrected chi connectivity index (χ3v) is 4.92. The normalized spacial score (nSPS) is 27.0. The maximum atomic E-state index is 12.0. The Morgan fingerprint density at radius 2 is 1.91 bits per heavy atom. The van der Waals surface area contributed by atoms with Crippen molar-refractivity contribution in [1.29, 1.82) is 0 Å². The van der Waals surface area contributed by atoms with E-state index in [1.807, 2.05) is 24.3 Å². The minimum absolute atomic E-state index is 0.0310. The Morgan fingerprint density at radius 3 is 2.61 bits per heavy atom. The molecule has 2 aliphatic rings. The van der Waals surface area contributed by atoms with Gasteiger partial charge in [-0.15, -0.1) is 0 Å². The lowest BCUT2D eigenvalue weighted by atomic mass is 9.75. The highest BCUT2D eigenvalue weighted by molar-refractivity contribution is 6.01. The van der Waals surface area contributed by atoms with Gasteiger partial charge in [0.15, 0.2) is 0 Å². The first-order valence-corrected chi connectivity index (χ1v) is 8.18. The van der Waals surface area contributed by atoms with Crippen molar-refractivity contribution in [3.63, 3.8) is 0 Å². The van der Waals surface area contributed by atoms with E-state index in [1.165, 1.54) is 7.11 Å². The quantitative estimate of drug-likeness (QED) is 0.800. The van der Waals surface area contributed by atoms with Crippen molar-refractivity contribution >= 4 is 11.7 Å². The molecule has 3 unspecified atom stereocenters. The number of oxime groups is 1. The highest BCUT2D eigenvalue weighted by atomic mass is 16.6. The molecule has 5 nitrogen and oxygen atoms in total. The minimum Gasteiger partial charge on any atom is -0.497 e. The van der Waals surface area contributed by atoms with Gasteiger partial charge in [0.05, 0.1) is 25.8 Å². The van der Waals surface area contributed by atoms with Crippen molar-refractivity contribution in [3.8, 4) is 5.75 Å². The van der Waals surface area contributed by atoms with Crippen molar-refractivity contribution in [2.24, 2.45) is 17.0 Å². The predicted molar refractivity (Wildman–Crippen MR) is 86.5 cm³/mol. The van der Waals surface area contributed by atoms with Gasteiger partial charge in [0.2, 0.25) is 0 Å². The van der Waals surface area contributed by atoms with E-state index in [2.05, 4.69) is 5.16 Å². The average Bonchev–Trinajstić information content (AvgIpc) is 3.11. The minimum atomic E-state index is -0.115. The molecule has 1 fully saturated rings. The largest absolute Gasteiger partial charge is 0.497 e. The van der Waals surface area contributed by atoms with Crippen molar-refractivity contribution in [3.05, 3.63) is 29.8 Å². The zero-order valence-electron chi connectivity index (χ0n) is 13.7. The first kappa shape index (κ1) is 15.8. The summed E-state index contributed by atoms with van der Waals surface area (Å²) >= 11 is 0. The average molecular weight is 317 g/mol. The lowest BCUT2D eigenvalue weighted by molar-refractivity contribution is -0.151. The van der Waals surface area contributed by atoms with E-state index < -0.39 is 0 Å². The van der Waals surface area contributed by atoms with Gasteiger partial charge in [0.25, 0.3) is 0 Å². The van der Waals surface area contributed by atoms with E-state index in [4.69, 9.17) is 14.3 Å². The Hall–Kier alpha value is -2.04. The second kappa shape index (κ2) is 7.02. The first-order chi connectivity index (χ1) is 11.2. The number of nitrogens with zero attached hydrogens (tertiary/aromatic N) is 1. The molecule has 23 heavy (non-hydrogen) atoms. The van der Waals surface area contributed by atoms with E-state index in [0.29, 0.717) is 0 Å². The summed E-state index contributed by atoms with van der Waals surface area (Å²) in [7, 11) is 3.11. The Bertz CT molecular complexity index is 581. The van der Waals surface area contributed by atoms with Gasteiger partial charge in [-0.25, -0.2) is 0 Å². The summed E-state index contributed by atoms with van der Waals surface area (Å²) in [5.41, 5.74) is 1.98. The molecule has 5 heteroatoms. The van der Waals surface area contributed by atoms with Crippen LogP contribution < -0.4 is 4.74 Å². The molecular weight excluding hydrogens is 294 g/mol. The van der Waals surface area contributed by atoms with Crippen molar-refractivity contribution in [2.45, 2.75) is 38.2 Å². The van der Waals surface area contributed by atoms with E-state index >= 15 is 0 Å². The van der Waals surface area contributed by atoms with E-state index in [-0.39, 0.29) is 23.9 Å². The van der Waals surface area contributed by atoms with Gasteiger partial charge in [-0.1, -0.05) is 18.0 Å². The van der Waals surface area contributed by atoms with Crippen LogP contribution in [0.15, 0.2) is 29.4 Å². The predicted octanol–water partition coefficient (Wildman–Crippen LogP) is 3.17. The van der Waals surface area contributed by atoms with Gasteiger partial charge in [-0.3, -0.25) is 4.79 Å². The number of methoxy groups -OCH3 is 2. The lowest BCUT2D eigenvalue weighted by Crippen LogP contribution is -2.36. The van der Waals surface area contributed by atoms with Crippen LogP contribution in [0, 0.1) is 11.8 Å². The maximum absolute atomic E-state index is 12.0. The van der Waals surface area contributed by atoms with Crippen LogP contribution in [0.3, 0.4) is 0 Å². The van der Waals surface area contributed by atoms with Crippen LogP contribution in [0.5, 0.6) is 5.75 Å². The number of esters is 1. The van der Waals surface area contributed by atoms with Gasteiger partial charge in [0, 0.05) is 12.3 Å². The van der Waals surface area contributed by atoms with Crippen LogP contribution in [0.25, 0.3) is 0 Å². The highest BCUT2D eigenvalue weighted by Crippen LogP contribution is 2.37. The Kier molecular flexibility index (Phi) is 4.84. The Morgan fingerprint density at radius 1 is 1.17 bits per heavy atom. The maximum Gasteiger partial charge on any atom is 0.309 e. The summed E-state index contributed by atoms with van der Waals surface area (Å²) < 4.78 is 10.1. The van der Waals surface area contributed by atoms with Gasteiger partial charge < -0.3 is 14.3 Å². The molecule has 1 aromatic rings. The third kappa shape index (κ3) is 3.33. The Labute approximate surface area is 136 Å². The number of carbonyl (C=O) groups excluding carboxylic acids is 1. The van der Waals surface area contributed by atoms with Crippen LogP contribution in [-0.2, 0) is 14.4 Å². The lowest BCUT2D eigenvalue weighted by Gasteiger charge is -2.32. The van der Waals surface area contributed by atoms with Gasteiger partial charge in [-0.05, 0) is 42.7 Å². The molecule has 1 heterocycles. The fourth-order valence-electron chi connectivity index (χ4n) is 3.63. The fraction of sp³-hybridized carbons (Fsp3) is 0.556. The molecule has 0 aromatic heterocycles. The SMILES string of the molecule is COC(=O)C1CCCCC1C1CC(c2ccc(OC)cc2)=NO1. The molecule has 3 atom stereocenters. The fourth-order valence-corrected chi connectivity index (χ4v) is 3.63. The zero-order chi connectivity index (χ0) is 16.2. The molecule has 1 aliphatic heterocycles. The highest BCUT2D eigenvalue weighted by Gasteiger charge is 2.40. The van der Waals surface area contributed by atoms with Gasteiger partial charge in [0.1, 0.15) is 11.9 Å². The topological polar surface area (TPSA) is 57.1 Å². The van der Waals surface area contributed by atoms with Crippen molar-refractivity contribution < 1.29 is 19.1 Å². The monoisotopic (exact) mass is 317 g/mol. The zero-order valence-corrected chi connectivity index (χ0v) is 13.7. The summed E-state index contributed by atoms with van der Waals surface area (Å²) in [6.45, 7) is 0. The summed E-state index contributed by atoms with van der Waals surface area (Å²) in [6.07, 6.45) is 4.80. The summed E-state index contributed by atoms with van der Waals surface area (Å²) in [6, 6.07) is 7.82. The van der Waals surface area contributed by atoms with Crippen molar-refractivity contribution in [2.75, 3.05) is 14.2 Å². The number of ether oxygens (including phenoxy) is 2. The molecule has 0 amide bonds. The molecule has 0 spiro atoms. The van der Waals surface area contributed by atoms with Crippen LogP contribution in [-0.4, -0.2) is 32.0 Å². The molecule has 0 bridgehead atoms. The summed E-state index contributed by atoms with van der Waals surface area (Å²) in [5, 5.41) is 4.26. The molecular formula is C18H23NO4. The smallest absolute Gasteiger partial charge is 0.309 e. The standard InChI is InChI=1S/C18H23NO4/c1-21-13-9-7-12(8-10-13)16-11-17(23-19-16)14-5-3-4-6-15(14)18(20)22-2/h7-10,14-15,17H,3-6,11H2,1-2H3. The van der Waals surface area contributed by atoms with E-state index in [9.17, 15) is 4.79 Å². The van der Waals surface area contributed by atoms with Crippen LogP contribution >= 0.6 is 0 Å². The molecule has 124 valence electrons. The molecule has 0 saturated heterocycles. The molecule has 0 radical (unpaired) electrons. The first-order valence-electron chi connectivity index (χ1n) is 8.18. The molecule has 1 aromatic carbocycles. The van der Waals surface area contributed by atoms with Crippen LogP contribution in [0.1, 0.15) is 37.7 Å². The number of rotatable bonds is 4. The molecule has 1 saturated carbocycles. The summed E-state index contributed by atoms with van der Waals surface area (Å²) in [5.74, 6) is 0.832. The van der Waals surface area contributed by atoms with Crippen molar-refractivity contribution in [1.82, 2.24) is 0 Å². The number of carbonyl (C=O) groups is 1. The second-order valence-corrected chi connectivity index (χ2v) is 6.19. The number of hydrogen-bond donors (Lipinski definition) is 0. The Balaban J connectivity index is 1.68. The number of benzene rings is 1. The third-order valence-electron chi connectivity index (χ3n) is 4.92. The van der Waals surface area contributed by atoms with Gasteiger partial charge >= 0.3 is 5.97 Å². The summed E-state index contributed by atoms with van der Waals surface area (Å²) in [4.78, 5) is 17.7. The van der Waals surface area contributed by atoms with E-state index in [1.54, 1.807) is 7.11 Å².